The number of amides is 1. The van der Waals surface area contributed by atoms with Gasteiger partial charge in [0.15, 0.2) is 5.69 Å². The van der Waals surface area contributed by atoms with Crippen LogP contribution >= 0.6 is 11.3 Å². The van der Waals surface area contributed by atoms with E-state index in [2.05, 4.69) is 37.8 Å². The molecule has 0 aliphatic carbocycles. The van der Waals surface area contributed by atoms with Crippen molar-refractivity contribution in [3.8, 4) is 0 Å². The van der Waals surface area contributed by atoms with E-state index < -0.39 is 0 Å². The minimum Gasteiger partial charge on any atom is -0.345 e. The van der Waals surface area contributed by atoms with Gasteiger partial charge < -0.3 is 5.32 Å². The van der Waals surface area contributed by atoms with E-state index >= 15 is 0 Å². The van der Waals surface area contributed by atoms with Crippen molar-refractivity contribution in [2.75, 3.05) is 0 Å². The van der Waals surface area contributed by atoms with E-state index in [-0.39, 0.29) is 5.91 Å². The Morgan fingerprint density at radius 3 is 2.89 bits per heavy atom. The topological polar surface area (TPSA) is 90.0 Å². The average Bonchev–Trinajstić information content (AvgIpc) is 3.35. The Kier molecular flexibility index (Phi) is 4.93. The molecule has 9 heteroatoms. The standard InChI is InChI=1S/C18H19N7OS/c1-13-22-25-11-15(20-18(25)27-13)10-19-17(26)16-12-24(23-21-16)9-5-8-14-6-3-2-4-7-14/h2-4,6-7,11-12H,5,8-10H2,1H3,(H,19,26). The number of carbonyl (C=O) groups excluding carboxylic acids is 1. The Hall–Kier alpha value is -3.07. The third kappa shape index (κ3) is 4.20. The minimum atomic E-state index is -0.259. The Morgan fingerprint density at radius 1 is 1.22 bits per heavy atom. The molecule has 0 aliphatic rings. The van der Waals surface area contributed by atoms with Crippen LogP contribution in [0, 0.1) is 6.92 Å². The highest BCUT2D eigenvalue weighted by Crippen LogP contribution is 2.13. The predicted molar refractivity (Wildman–Crippen MR) is 102 cm³/mol. The number of fused-ring (bicyclic) bond motifs is 1. The zero-order chi connectivity index (χ0) is 18.6. The molecule has 3 aromatic heterocycles. The Morgan fingerprint density at radius 2 is 2.07 bits per heavy atom. The van der Waals surface area contributed by atoms with Gasteiger partial charge in [-0.05, 0) is 25.3 Å². The number of benzene rings is 1. The number of nitrogens with one attached hydrogen (secondary N) is 1. The van der Waals surface area contributed by atoms with Gasteiger partial charge in [-0.25, -0.2) is 9.50 Å². The van der Waals surface area contributed by atoms with Gasteiger partial charge in [-0.1, -0.05) is 46.9 Å². The SMILES string of the molecule is Cc1nn2cc(CNC(=O)c3cn(CCCc4ccccc4)nn3)nc2s1. The van der Waals surface area contributed by atoms with Crippen molar-refractivity contribution in [1.29, 1.82) is 0 Å². The van der Waals surface area contributed by atoms with Crippen molar-refractivity contribution in [2.45, 2.75) is 32.9 Å². The van der Waals surface area contributed by atoms with Crippen molar-refractivity contribution in [1.82, 2.24) is 34.9 Å². The fourth-order valence-electron chi connectivity index (χ4n) is 2.79. The lowest BCUT2D eigenvalue weighted by atomic mass is 10.1. The summed E-state index contributed by atoms with van der Waals surface area (Å²) in [6.07, 6.45) is 5.40. The van der Waals surface area contributed by atoms with Gasteiger partial charge in [0, 0.05) is 6.54 Å². The molecule has 0 radical (unpaired) electrons. The maximum Gasteiger partial charge on any atom is 0.273 e. The summed E-state index contributed by atoms with van der Waals surface area (Å²) < 4.78 is 3.43. The van der Waals surface area contributed by atoms with E-state index in [0.717, 1.165) is 35.0 Å². The molecule has 1 aromatic carbocycles. The van der Waals surface area contributed by atoms with E-state index in [4.69, 9.17) is 0 Å². The zero-order valence-corrected chi connectivity index (χ0v) is 15.7. The maximum atomic E-state index is 12.3. The molecule has 8 nitrogen and oxygen atoms in total. The number of aromatic nitrogens is 6. The van der Waals surface area contributed by atoms with Crippen LogP contribution in [0.15, 0.2) is 42.7 Å². The summed E-state index contributed by atoms with van der Waals surface area (Å²) in [6.45, 7) is 2.98. The van der Waals surface area contributed by atoms with Gasteiger partial charge in [0.1, 0.15) is 5.01 Å². The lowest BCUT2D eigenvalue weighted by Gasteiger charge is -2.01. The number of aryl methyl sites for hydroxylation is 3. The minimum absolute atomic E-state index is 0.259. The van der Waals surface area contributed by atoms with Gasteiger partial charge in [0.2, 0.25) is 4.96 Å². The third-order valence-electron chi connectivity index (χ3n) is 4.09. The molecule has 1 amide bonds. The van der Waals surface area contributed by atoms with Crippen molar-refractivity contribution in [3.63, 3.8) is 0 Å². The lowest BCUT2D eigenvalue weighted by molar-refractivity contribution is 0.0945. The molecule has 0 bridgehead atoms. The zero-order valence-electron chi connectivity index (χ0n) is 14.9. The molecule has 4 rings (SSSR count). The molecule has 3 heterocycles. The second-order valence-corrected chi connectivity index (χ2v) is 7.38. The van der Waals surface area contributed by atoms with Crippen LogP contribution in [0.3, 0.4) is 0 Å². The van der Waals surface area contributed by atoms with E-state index in [1.165, 1.54) is 16.9 Å². The van der Waals surface area contributed by atoms with Crippen LogP contribution in [0.2, 0.25) is 0 Å². The molecule has 138 valence electrons. The normalized spacial score (nSPS) is 11.1. The van der Waals surface area contributed by atoms with Crippen molar-refractivity contribution >= 4 is 22.2 Å². The van der Waals surface area contributed by atoms with Crippen LogP contribution in [0.1, 0.15) is 33.2 Å². The third-order valence-corrected chi connectivity index (χ3v) is 4.93. The summed E-state index contributed by atoms with van der Waals surface area (Å²) in [5.74, 6) is -0.259. The highest BCUT2D eigenvalue weighted by Gasteiger charge is 2.12. The molecule has 0 fully saturated rings. The van der Waals surface area contributed by atoms with Crippen LogP contribution < -0.4 is 5.32 Å². The highest BCUT2D eigenvalue weighted by molar-refractivity contribution is 7.16. The second kappa shape index (κ2) is 7.67. The largest absolute Gasteiger partial charge is 0.345 e. The van der Waals surface area contributed by atoms with Crippen molar-refractivity contribution < 1.29 is 4.79 Å². The first-order valence-corrected chi connectivity index (χ1v) is 9.53. The Labute approximate surface area is 159 Å². The van der Waals surface area contributed by atoms with Gasteiger partial charge in [-0.3, -0.25) is 9.48 Å². The monoisotopic (exact) mass is 381 g/mol. The van der Waals surface area contributed by atoms with Gasteiger partial charge in [0.25, 0.3) is 5.91 Å². The average molecular weight is 381 g/mol. The molecule has 0 saturated heterocycles. The van der Waals surface area contributed by atoms with Gasteiger partial charge in [-0.15, -0.1) is 5.10 Å². The molecule has 0 saturated carbocycles. The van der Waals surface area contributed by atoms with Gasteiger partial charge in [-0.2, -0.15) is 5.10 Å². The summed E-state index contributed by atoms with van der Waals surface area (Å²) in [5.41, 5.74) is 2.36. The molecule has 0 atom stereocenters. The Bertz CT molecular complexity index is 1020. The molecule has 0 spiro atoms. The molecule has 1 N–H and O–H groups in total. The molecular formula is C18H19N7OS. The molecule has 27 heavy (non-hydrogen) atoms. The molecule has 4 aromatic rings. The number of nitrogens with zero attached hydrogens (tertiary/aromatic N) is 6. The number of hydrogen-bond donors (Lipinski definition) is 1. The van der Waals surface area contributed by atoms with E-state index in [9.17, 15) is 4.79 Å². The summed E-state index contributed by atoms with van der Waals surface area (Å²) >= 11 is 1.52. The van der Waals surface area contributed by atoms with E-state index in [1.807, 2.05) is 31.3 Å². The van der Waals surface area contributed by atoms with Crippen LogP contribution in [0.5, 0.6) is 0 Å². The first-order valence-electron chi connectivity index (χ1n) is 8.71. The van der Waals surface area contributed by atoms with Crippen LogP contribution in [0.4, 0.5) is 0 Å². The first-order chi connectivity index (χ1) is 13.2. The Balaban J connectivity index is 1.28. The maximum absolute atomic E-state index is 12.3. The number of imidazole rings is 1. The first kappa shape index (κ1) is 17.3. The smallest absolute Gasteiger partial charge is 0.273 e. The van der Waals surface area contributed by atoms with Gasteiger partial charge >= 0.3 is 0 Å². The van der Waals surface area contributed by atoms with Crippen molar-refractivity contribution in [2.24, 2.45) is 0 Å². The van der Waals surface area contributed by atoms with Crippen LogP contribution in [-0.4, -0.2) is 35.5 Å². The van der Waals surface area contributed by atoms with Crippen LogP contribution in [0.25, 0.3) is 4.96 Å². The fourth-order valence-corrected chi connectivity index (χ4v) is 3.54. The molecule has 0 aliphatic heterocycles. The molecule has 0 unspecified atom stereocenters. The summed E-state index contributed by atoms with van der Waals surface area (Å²) in [6, 6.07) is 10.3. The predicted octanol–water partition coefficient (Wildman–Crippen LogP) is 2.25. The lowest BCUT2D eigenvalue weighted by Crippen LogP contribution is -2.23. The number of carbonyl (C=O) groups is 1. The second-order valence-electron chi connectivity index (χ2n) is 6.22. The highest BCUT2D eigenvalue weighted by atomic mass is 32.1. The summed E-state index contributed by atoms with van der Waals surface area (Å²) in [4.78, 5) is 17.5. The quantitative estimate of drug-likeness (QED) is 0.530. The van der Waals surface area contributed by atoms with E-state index in [1.54, 1.807) is 15.4 Å². The molecular weight excluding hydrogens is 362 g/mol. The summed E-state index contributed by atoms with van der Waals surface area (Å²) in [7, 11) is 0. The van der Waals surface area contributed by atoms with Gasteiger partial charge in [0.05, 0.1) is 24.6 Å². The van der Waals surface area contributed by atoms with E-state index in [0.29, 0.717) is 12.2 Å². The number of rotatable bonds is 7. The van der Waals surface area contributed by atoms with Crippen molar-refractivity contribution in [3.05, 3.63) is 64.7 Å². The number of hydrogen-bond acceptors (Lipinski definition) is 6. The van der Waals surface area contributed by atoms with Crippen LogP contribution in [-0.2, 0) is 19.5 Å². The fraction of sp³-hybridized carbons (Fsp3) is 0.278. The summed E-state index contributed by atoms with van der Waals surface area (Å²) in [5, 5.41) is 16.1.